The molecule has 68 valence electrons. The van der Waals surface area contributed by atoms with Crippen LogP contribution in [0.15, 0.2) is 18.7 Å². The van der Waals surface area contributed by atoms with Gasteiger partial charge in [-0.3, -0.25) is 0 Å². The molecule has 2 aromatic rings. The van der Waals surface area contributed by atoms with Crippen molar-refractivity contribution in [1.82, 2.24) is 24.9 Å². The molecule has 0 spiro atoms. The quantitative estimate of drug-likeness (QED) is 0.729. The summed E-state index contributed by atoms with van der Waals surface area (Å²) in [6.45, 7) is 3.84. The molecule has 0 amide bonds. The molecule has 2 aromatic heterocycles. The monoisotopic (exact) mass is 177 g/mol. The Labute approximate surface area is 75.8 Å². The lowest BCUT2D eigenvalue weighted by atomic mass is 10.3. The molecule has 0 bridgehead atoms. The summed E-state index contributed by atoms with van der Waals surface area (Å²) in [7, 11) is 0. The van der Waals surface area contributed by atoms with E-state index in [1.807, 2.05) is 12.4 Å². The van der Waals surface area contributed by atoms with Crippen LogP contribution in [0.5, 0.6) is 0 Å². The fourth-order valence-electron chi connectivity index (χ4n) is 1.12. The highest BCUT2D eigenvalue weighted by atomic mass is 15.3. The van der Waals surface area contributed by atoms with Crippen molar-refractivity contribution in [3.8, 4) is 0 Å². The Morgan fingerprint density at radius 1 is 1.46 bits per heavy atom. The molecule has 0 aliphatic carbocycles. The zero-order valence-electron chi connectivity index (χ0n) is 7.44. The van der Waals surface area contributed by atoms with Gasteiger partial charge < -0.3 is 5.32 Å². The van der Waals surface area contributed by atoms with Crippen molar-refractivity contribution in [2.45, 2.75) is 13.5 Å². The second kappa shape index (κ2) is 3.49. The number of aromatic nitrogens is 4. The summed E-state index contributed by atoms with van der Waals surface area (Å²) in [6, 6.07) is 0. The van der Waals surface area contributed by atoms with Crippen LogP contribution in [0.25, 0.3) is 5.78 Å². The Bertz CT molecular complexity index is 394. The molecular formula is C8H11N5. The van der Waals surface area contributed by atoms with Gasteiger partial charge in [0, 0.05) is 24.5 Å². The van der Waals surface area contributed by atoms with E-state index in [0.29, 0.717) is 5.78 Å². The van der Waals surface area contributed by atoms with Gasteiger partial charge in [-0.1, -0.05) is 6.92 Å². The van der Waals surface area contributed by atoms with Gasteiger partial charge in [0.2, 0.25) is 0 Å². The van der Waals surface area contributed by atoms with E-state index in [2.05, 4.69) is 27.3 Å². The summed E-state index contributed by atoms with van der Waals surface area (Å²) >= 11 is 0. The van der Waals surface area contributed by atoms with Gasteiger partial charge in [0.25, 0.3) is 5.78 Å². The van der Waals surface area contributed by atoms with Crippen molar-refractivity contribution in [3.05, 3.63) is 24.3 Å². The van der Waals surface area contributed by atoms with E-state index in [-0.39, 0.29) is 0 Å². The smallest absolute Gasteiger partial charge is 0.252 e. The maximum absolute atomic E-state index is 4.14. The van der Waals surface area contributed by atoms with Gasteiger partial charge in [0.05, 0.1) is 0 Å². The fraction of sp³-hybridized carbons (Fsp3) is 0.375. The molecule has 0 aliphatic heterocycles. The van der Waals surface area contributed by atoms with Crippen LogP contribution in [0, 0.1) is 0 Å². The fourth-order valence-corrected chi connectivity index (χ4v) is 1.12. The SMILES string of the molecule is CCNCc1cnc2ncnn2c1. The first-order chi connectivity index (χ1) is 6.40. The van der Waals surface area contributed by atoms with Crippen LogP contribution in [0.1, 0.15) is 12.5 Å². The van der Waals surface area contributed by atoms with Crippen molar-refractivity contribution in [3.63, 3.8) is 0 Å². The van der Waals surface area contributed by atoms with Crippen molar-refractivity contribution in [1.29, 1.82) is 0 Å². The molecular weight excluding hydrogens is 166 g/mol. The van der Waals surface area contributed by atoms with Crippen LogP contribution in [-0.2, 0) is 6.54 Å². The zero-order valence-corrected chi connectivity index (χ0v) is 7.44. The normalized spacial score (nSPS) is 10.8. The Balaban J connectivity index is 2.26. The molecule has 2 heterocycles. The lowest BCUT2D eigenvalue weighted by molar-refractivity contribution is 0.716. The first-order valence-electron chi connectivity index (χ1n) is 4.25. The third-order valence-corrected chi connectivity index (χ3v) is 1.77. The summed E-state index contributed by atoms with van der Waals surface area (Å²) in [5, 5.41) is 7.22. The molecule has 0 fully saturated rings. The maximum atomic E-state index is 4.14. The molecule has 0 aliphatic rings. The topological polar surface area (TPSA) is 55.1 Å². The standard InChI is InChI=1S/C8H11N5/c1-2-9-3-7-4-10-8-11-6-12-13(8)5-7/h4-6,9H,2-3H2,1H3. The first kappa shape index (κ1) is 8.12. The van der Waals surface area contributed by atoms with Crippen LogP contribution >= 0.6 is 0 Å². The van der Waals surface area contributed by atoms with Crippen LogP contribution in [0.2, 0.25) is 0 Å². The molecule has 1 N–H and O–H groups in total. The predicted molar refractivity (Wildman–Crippen MR) is 48.2 cm³/mol. The van der Waals surface area contributed by atoms with Gasteiger partial charge in [0.1, 0.15) is 6.33 Å². The summed E-state index contributed by atoms with van der Waals surface area (Å²) in [5.41, 5.74) is 1.11. The number of nitrogens with one attached hydrogen (secondary N) is 1. The van der Waals surface area contributed by atoms with E-state index in [4.69, 9.17) is 0 Å². The van der Waals surface area contributed by atoms with Crippen molar-refractivity contribution in [2.24, 2.45) is 0 Å². The summed E-state index contributed by atoms with van der Waals surface area (Å²) in [5.74, 6) is 0.639. The molecule has 0 saturated carbocycles. The summed E-state index contributed by atoms with van der Waals surface area (Å²) < 4.78 is 1.67. The highest BCUT2D eigenvalue weighted by molar-refractivity contribution is 5.25. The Hall–Kier alpha value is -1.49. The lowest BCUT2D eigenvalue weighted by Crippen LogP contribution is -2.12. The van der Waals surface area contributed by atoms with Gasteiger partial charge in [0.15, 0.2) is 0 Å². The minimum Gasteiger partial charge on any atom is -0.313 e. The van der Waals surface area contributed by atoms with Gasteiger partial charge in [-0.15, -0.1) is 0 Å². The molecule has 0 radical (unpaired) electrons. The number of hydrogen-bond acceptors (Lipinski definition) is 4. The van der Waals surface area contributed by atoms with Crippen LogP contribution < -0.4 is 5.32 Å². The van der Waals surface area contributed by atoms with E-state index in [1.165, 1.54) is 6.33 Å². The average Bonchev–Trinajstić information content (AvgIpc) is 2.61. The van der Waals surface area contributed by atoms with Crippen LogP contribution in [0.4, 0.5) is 0 Å². The summed E-state index contributed by atoms with van der Waals surface area (Å²) in [6.07, 6.45) is 5.24. The van der Waals surface area contributed by atoms with Gasteiger partial charge in [-0.25, -0.2) is 9.50 Å². The second-order valence-corrected chi connectivity index (χ2v) is 2.75. The Morgan fingerprint density at radius 2 is 2.38 bits per heavy atom. The van der Waals surface area contributed by atoms with Crippen LogP contribution in [-0.4, -0.2) is 26.1 Å². The molecule has 0 saturated heterocycles. The maximum Gasteiger partial charge on any atom is 0.252 e. The minimum absolute atomic E-state index is 0.639. The average molecular weight is 177 g/mol. The van der Waals surface area contributed by atoms with E-state index in [1.54, 1.807) is 4.52 Å². The van der Waals surface area contributed by atoms with Gasteiger partial charge >= 0.3 is 0 Å². The molecule has 5 nitrogen and oxygen atoms in total. The molecule has 2 rings (SSSR count). The van der Waals surface area contributed by atoms with Crippen molar-refractivity contribution in [2.75, 3.05) is 6.54 Å². The number of fused-ring (bicyclic) bond motifs is 1. The van der Waals surface area contributed by atoms with Crippen molar-refractivity contribution < 1.29 is 0 Å². The highest BCUT2D eigenvalue weighted by Gasteiger charge is 1.97. The van der Waals surface area contributed by atoms with E-state index in [9.17, 15) is 0 Å². The number of nitrogens with zero attached hydrogens (tertiary/aromatic N) is 4. The number of rotatable bonds is 3. The Kier molecular flexibility index (Phi) is 2.18. The third-order valence-electron chi connectivity index (χ3n) is 1.77. The largest absolute Gasteiger partial charge is 0.313 e. The first-order valence-corrected chi connectivity index (χ1v) is 4.25. The van der Waals surface area contributed by atoms with Crippen molar-refractivity contribution >= 4 is 5.78 Å². The predicted octanol–water partition coefficient (Wildman–Crippen LogP) is 0.234. The third kappa shape index (κ3) is 1.65. The minimum atomic E-state index is 0.639. The molecule has 0 atom stereocenters. The zero-order chi connectivity index (χ0) is 9.10. The molecule has 0 aromatic carbocycles. The molecule has 5 heteroatoms. The van der Waals surface area contributed by atoms with E-state index >= 15 is 0 Å². The molecule has 13 heavy (non-hydrogen) atoms. The van der Waals surface area contributed by atoms with E-state index in [0.717, 1.165) is 18.7 Å². The molecule has 0 unspecified atom stereocenters. The highest BCUT2D eigenvalue weighted by Crippen LogP contribution is 1.98. The Morgan fingerprint density at radius 3 is 3.23 bits per heavy atom. The van der Waals surface area contributed by atoms with Gasteiger partial charge in [-0.2, -0.15) is 10.1 Å². The summed E-state index contributed by atoms with van der Waals surface area (Å²) in [4.78, 5) is 8.10. The second-order valence-electron chi connectivity index (χ2n) is 2.75. The van der Waals surface area contributed by atoms with E-state index < -0.39 is 0 Å². The van der Waals surface area contributed by atoms with Crippen LogP contribution in [0.3, 0.4) is 0 Å². The lowest BCUT2D eigenvalue weighted by Gasteiger charge is -2.00. The number of hydrogen-bond donors (Lipinski definition) is 1. The van der Waals surface area contributed by atoms with Gasteiger partial charge in [-0.05, 0) is 6.54 Å².